The van der Waals surface area contributed by atoms with Gasteiger partial charge in [0.15, 0.2) is 6.61 Å². The number of esters is 1. The topological polar surface area (TPSA) is 99.5 Å². The number of aromatic nitrogens is 2. The molecular weight excluding hydrogens is 374 g/mol. The number of benzene rings is 2. The Morgan fingerprint density at radius 1 is 1.10 bits per heavy atom. The Labute approximate surface area is 167 Å². The van der Waals surface area contributed by atoms with Gasteiger partial charge in [0.2, 0.25) is 0 Å². The van der Waals surface area contributed by atoms with Gasteiger partial charge in [-0.05, 0) is 36.4 Å². The number of aryl methyl sites for hydroxylation is 1. The smallest absolute Gasteiger partial charge is 0.306 e. The monoisotopic (exact) mass is 395 g/mol. The Morgan fingerprint density at radius 2 is 1.83 bits per heavy atom. The minimum atomic E-state index is -0.544. The number of hydrogen-bond donors (Lipinski definition) is 1. The number of ether oxygens (including phenoxy) is 2. The van der Waals surface area contributed by atoms with Crippen LogP contribution in [-0.2, 0) is 27.8 Å². The minimum absolute atomic E-state index is 0.00837. The van der Waals surface area contributed by atoms with E-state index in [2.05, 4.69) is 10.3 Å². The fourth-order valence-corrected chi connectivity index (χ4v) is 2.79. The molecule has 8 nitrogen and oxygen atoms in total. The third-order valence-electron chi connectivity index (χ3n) is 4.37. The minimum Gasteiger partial charge on any atom is -0.497 e. The van der Waals surface area contributed by atoms with Crippen molar-refractivity contribution in [3.05, 3.63) is 64.7 Å². The lowest BCUT2D eigenvalue weighted by Gasteiger charge is -2.09. The van der Waals surface area contributed by atoms with E-state index in [4.69, 9.17) is 9.47 Å². The molecular formula is C21H21N3O5. The third kappa shape index (κ3) is 4.98. The summed E-state index contributed by atoms with van der Waals surface area (Å²) in [5.74, 6) is 0.163. The highest BCUT2D eigenvalue weighted by molar-refractivity contribution is 5.92. The van der Waals surface area contributed by atoms with Gasteiger partial charge in [-0.2, -0.15) is 0 Å². The van der Waals surface area contributed by atoms with Crippen LogP contribution in [0.2, 0.25) is 0 Å². The summed E-state index contributed by atoms with van der Waals surface area (Å²) < 4.78 is 11.5. The van der Waals surface area contributed by atoms with Gasteiger partial charge in [-0.15, -0.1) is 0 Å². The second-order valence-corrected chi connectivity index (χ2v) is 6.35. The molecule has 0 aliphatic rings. The molecule has 0 saturated carbocycles. The van der Waals surface area contributed by atoms with Crippen molar-refractivity contribution < 1.29 is 19.1 Å². The van der Waals surface area contributed by atoms with E-state index >= 15 is 0 Å². The van der Waals surface area contributed by atoms with E-state index in [1.807, 2.05) is 0 Å². The summed E-state index contributed by atoms with van der Waals surface area (Å²) in [5.41, 5.74) is 0.984. The zero-order valence-electron chi connectivity index (χ0n) is 16.2. The van der Waals surface area contributed by atoms with E-state index in [9.17, 15) is 14.4 Å². The van der Waals surface area contributed by atoms with Gasteiger partial charge in [0.25, 0.3) is 11.5 Å². The lowest BCUT2D eigenvalue weighted by molar-refractivity contribution is -0.147. The first kappa shape index (κ1) is 20.1. The fraction of sp³-hybridized carbons (Fsp3) is 0.238. The van der Waals surface area contributed by atoms with Crippen molar-refractivity contribution in [3.63, 3.8) is 0 Å². The zero-order chi connectivity index (χ0) is 20.8. The Bertz CT molecular complexity index is 1090. The molecule has 1 amide bonds. The van der Waals surface area contributed by atoms with E-state index in [0.29, 0.717) is 28.2 Å². The zero-order valence-corrected chi connectivity index (χ0v) is 16.2. The number of nitrogens with zero attached hydrogens (tertiary/aromatic N) is 2. The van der Waals surface area contributed by atoms with Crippen LogP contribution in [0.1, 0.15) is 12.2 Å². The normalized spacial score (nSPS) is 10.6. The number of amides is 1. The molecule has 0 atom stereocenters. The van der Waals surface area contributed by atoms with Gasteiger partial charge >= 0.3 is 5.97 Å². The highest BCUT2D eigenvalue weighted by atomic mass is 16.5. The lowest BCUT2D eigenvalue weighted by Crippen LogP contribution is -2.24. The maximum absolute atomic E-state index is 12.4. The molecule has 0 fully saturated rings. The molecule has 3 rings (SSSR count). The molecule has 0 spiro atoms. The number of carbonyl (C=O) groups is 2. The van der Waals surface area contributed by atoms with Crippen LogP contribution in [0.3, 0.4) is 0 Å². The molecule has 8 heteroatoms. The van der Waals surface area contributed by atoms with Gasteiger partial charge in [0.05, 0.1) is 24.4 Å². The molecule has 3 aromatic rings. The molecule has 0 aliphatic carbocycles. The summed E-state index contributed by atoms with van der Waals surface area (Å²) in [7, 11) is 3.17. The van der Waals surface area contributed by atoms with Crippen LogP contribution in [0.5, 0.6) is 5.75 Å². The van der Waals surface area contributed by atoms with Crippen molar-refractivity contribution >= 4 is 28.5 Å². The van der Waals surface area contributed by atoms with Crippen LogP contribution >= 0.6 is 0 Å². The second kappa shape index (κ2) is 9.01. The Balaban J connectivity index is 1.52. The third-order valence-corrected chi connectivity index (χ3v) is 4.37. The van der Waals surface area contributed by atoms with Crippen LogP contribution in [0.4, 0.5) is 5.69 Å². The summed E-state index contributed by atoms with van der Waals surface area (Å²) in [4.78, 5) is 40.7. The summed E-state index contributed by atoms with van der Waals surface area (Å²) in [5, 5.41) is 3.15. The summed E-state index contributed by atoms with van der Waals surface area (Å²) in [6.45, 7) is -0.394. The Kier molecular flexibility index (Phi) is 6.23. The largest absolute Gasteiger partial charge is 0.497 e. The first-order valence-corrected chi connectivity index (χ1v) is 9.02. The number of hydrogen-bond acceptors (Lipinski definition) is 6. The molecule has 0 bridgehead atoms. The molecule has 0 saturated heterocycles. The van der Waals surface area contributed by atoms with E-state index in [1.54, 1.807) is 62.7 Å². The fourth-order valence-electron chi connectivity index (χ4n) is 2.79. The number of nitrogens with one attached hydrogen (secondary N) is 1. The standard InChI is InChI=1S/C21H21N3O5/c1-24-18(23-17-6-4-3-5-16(17)21(24)27)11-12-20(26)29-13-19(25)22-14-7-9-15(28-2)10-8-14/h3-10H,11-13H2,1-2H3,(H,22,25). The van der Waals surface area contributed by atoms with E-state index in [-0.39, 0.29) is 18.4 Å². The quantitative estimate of drug-likeness (QED) is 0.615. The maximum Gasteiger partial charge on any atom is 0.306 e. The number of methoxy groups -OCH3 is 1. The van der Waals surface area contributed by atoms with Gasteiger partial charge < -0.3 is 14.8 Å². The van der Waals surface area contributed by atoms with E-state index in [1.165, 1.54) is 4.57 Å². The predicted octanol–water partition coefficient (Wildman–Crippen LogP) is 2.06. The Morgan fingerprint density at radius 3 is 2.55 bits per heavy atom. The van der Waals surface area contributed by atoms with Crippen LogP contribution in [0.15, 0.2) is 53.3 Å². The Hall–Kier alpha value is -3.68. The lowest BCUT2D eigenvalue weighted by atomic mass is 10.2. The number of fused-ring (bicyclic) bond motifs is 1. The van der Waals surface area contributed by atoms with Crippen LogP contribution in [0.25, 0.3) is 10.9 Å². The van der Waals surface area contributed by atoms with E-state index < -0.39 is 18.5 Å². The van der Waals surface area contributed by atoms with Crippen molar-refractivity contribution in [2.45, 2.75) is 12.8 Å². The van der Waals surface area contributed by atoms with Gasteiger partial charge in [0.1, 0.15) is 11.6 Å². The summed E-state index contributed by atoms with van der Waals surface area (Å²) in [6, 6.07) is 13.8. The molecule has 0 radical (unpaired) electrons. The molecule has 150 valence electrons. The molecule has 0 unspecified atom stereocenters. The van der Waals surface area contributed by atoms with Crippen molar-refractivity contribution in [2.24, 2.45) is 7.05 Å². The number of rotatable bonds is 7. The molecule has 2 aromatic carbocycles. The highest BCUT2D eigenvalue weighted by Gasteiger charge is 2.12. The van der Waals surface area contributed by atoms with Crippen LogP contribution < -0.4 is 15.6 Å². The number of carbonyl (C=O) groups excluding carboxylic acids is 2. The van der Waals surface area contributed by atoms with Gasteiger partial charge in [-0.1, -0.05) is 12.1 Å². The molecule has 29 heavy (non-hydrogen) atoms. The van der Waals surface area contributed by atoms with Gasteiger partial charge in [-0.3, -0.25) is 19.0 Å². The van der Waals surface area contributed by atoms with Crippen LogP contribution in [-0.4, -0.2) is 35.1 Å². The average Bonchev–Trinajstić information content (AvgIpc) is 2.74. The first-order valence-electron chi connectivity index (χ1n) is 9.02. The predicted molar refractivity (Wildman–Crippen MR) is 108 cm³/mol. The van der Waals surface area contributed by atoms with Crippen LogP contribution in [0, 0.1) is 0 Å². The summed E-state index contributed by atoms with van der Waals surface area (Å²) in [6.07, 6.45) is 0.240. The van der Waals surface area contributed by atoms with Gasteiger partial charge in [0, 0.05) is 19.2 Å². The first-order chi connectivity index (χ1) is 14.0. The molecule has 1 N–H and O–H groups in total. The number of para-hydroxylation sites is 1. The van der Waals surface area contributed by atoms with E-state index in [0.717, 1.165) is 0 Å². The van der Waals surface area contributed by atoms with Crippen molar-refractivity contribution in [1.29, 1.82) is 0 Å². The average molecular weight is 395 g/mol. The van der Waals surface area contributed by atoms with Crippen molar-refractivity contribution in [2.75, 3.05) is 19.0 Å². The summed E-state index contributed by atoms with van der Waals surface area (Å²) >= 11 is 0. The van der Waals surface area contributed by atoms with Gasteiger partial charge in [-0.25, -0.2) is 4.98 Å². The molecule has 1 aromatic heterocycles. The highest BCUT2D eigenvalue weighted by Crippen LogP contribution is 2.15. The van der Waals surface area contributed by atoms with Crippen molar-refractivity contribution in [3.8, 4) is 5.75 Å². The maximum atomic E-state index is 12.4. The second-order valence-electron chi connectivity index (χ2n) is 6.35. The number of anilines is 1. The SMILES string of the molecule is COc1ccc(NC(=O)COC(=O)CCc2nc3ccccc3c(=O)n2C)cc1. The van der Waals surface area contributed by atoms with Crippen molar-refractivity contribution in [1.82, 2.24) is 9.55 Å². The molecule has 1 heterocycles. The molecule has 0 aliphatic heterocycles.